The standard InChI is InChI=1S/C19H23Cl2NO5S/c1-4-26-16(24)14-11-6-5-10(2)7-12(11)28-15(14)22-13(23)8-27-17(25)18(3)9-19(18,20)21/h10H,4-9H2,1-3H3,(H,22,23)/t10-,18-/m0/s1. The zero-order chi connectivity index (χ0) is 20.7. The smallest absolute Gasteiger partial charge is 0.341 e. The number of carbonyl (C=O) groups is 3. The normalized spacial score (nSPS) is 24.8. The number of ether oxygens (including phenoxy) is 2. The van der Waals surface area contributed by atoms with Crippen molar-refractivity contribution in [3.8, 4) is 0 Å². The molecular weight excluding hydrogens is 425 g/mol. The third-order valence-electron chi connectivity index (χ3n) is 5.29. The molecule has 1 aromatic rings. The molecule has 154 valence electrons. The highest BCUT2D eigenvalue weighted by Gasteiger charge is 2.69. The number of fused-ring (bicyclic) bond motifs is 1. The Hall–Kier alpha value is -1.31. The summed E-state index contributed by atoms with van der Waals surface area (Å²) in [5.74, 6) is -1.06. The molecule has 0 aromatic carbocycles. The SMILES string of the molecule is CCOC(=O)c1c(NC(=O)COC(=O)[C@]2(C)CC2(Cl)Cl)sc2c1CC[C@H](C)C2. The quantitative estimate of drug-likeness (QED) is 0.523. The van der Waals surface area contributed by atoms with Crippen LogP contribution in [0.25, 0.3) is 0 Å². The Balaban J connectivity index is 1.70. The van der Waals surface area contributed by atoms with Crippen LogP contribution in [0.2, 0.25) is 0 Å². The van der Waals surface area contributed by atoms with Crippen molar-refractivity contribution < 1.29 is 23.9 Å². The Bertz CT molecular complexity index is 821. The first-order valence-corrected chi connectivity index (χ1v) is 10.8. The number of anilines is 1. The molecule has 0 radical (unpaired) electrons. The predicted octanol–water partition coefficient (Wildman–Crippen LogP) is 4.12. The van der Waals surface area contributed by atoms with Crippen molar-refractivity contribution in [1.82, 2.24) is 0 Å². The molecular formula is C19H23Cl2NO5S. The molecule has 0 unspecified atom stereocenters. The monoisotopic (exact) mass is 447 g/mol. The molecule has 28 heavy (non-hydrogen) atoms. The summed E-state index contributed by atoms with van der Waals surface area (Å²) in [5, 5.41) is 3.15. The van der Waals surface area contributed by atoms with Gasteiger partial charge < -0.3 is 14.8 Å². The minimum absolute atomic E-state index is 0.252. The molecule has 1 fully saturated rings. The lowest BCUT2D eigenvalue weighted by molar-refractivity contribution is -0.152. The lowest BCUT2D eigenvalue weighted by Crippen LogP contribution is -2.27. The van der Waals surface area contributed by atoms with Gasteiger partial charge in [-0.05, 0) is 44.6 Å². The Labute approximate surface area is 177 Å². The fraction of sp³-hybridized carbons (Fsp3) is 0.632. The molecule has 1 N–H and O–H groups in total. The van der Waals surface area contributed by atoms with E-state index in [1.165, 1.54) is 11.3 Å². The second-order valence-corrected chi connectivity index (χ2v) is 10.2. The number of amides is 1. The minimum Gasteiger partial charge on any atom is -0.462 e. The largest absolute Gasteiger partial charge is 0.462 e. The summed E-state index contributed by atoms with van der Waals surface area (Å²) in [6.45, 7) is 5.28. The lowest BCUT2D eigenvalue weighted by atomic mass is 9.88. The van der Waals surface area contributed by atoms with Crippen molar-refractivity contribution in [2.24, 2.45) is 11.3 Å². The van der Waals surface area contributed by atoms with E-state index in [0.717, 1.165) is 29.7 Å². The molecule has 2 aliphatic carbocycles. The van der Waals surface area contributed by atoms with E-state index < -0.39 is 34.2 Å². The van der Waals surface area contributed by atoms with Crippen LogP contribution in [-0.4, -0.2) is 35.4 Å². The maximum atomic E-state index is 12.5. The molecule has 2 aliphatic rings. The Kier molecular flexibility index (Phi) is 5.99. The summed E-state index contributed by atoms with van der Waals surface area (Å²) in [7, 11) is 0. The van der Waals surface area contributed by atoms with Crippen LogP contribution in [-0.2, 0) is 31.9 Å². The fourth-order valence-corrected chi connectivity index (χ4v) is 5.44. The topological polar surface area (TPSA) is 81.7 Å². The number of nitrogens with one attached hydrogen (secondary N) is 1. The molecule has 9 heteroatoms. The summed E-state index contributed by atoms with van der Waals surface area (Å²) in [4.78, 5) is 38.0. The van der Waals surface area contributed by atoms with E-state index in [4.69, 9.17) is 32.7 Å². The van der Waals surface area contributed by atoms with Gasteiger partial charge in [0.1, 0.15) is 14.7 Å². The average Bonchev–Trinajstić information content (AvgIpc) is 2.96. The molecule has 1 saturated carbocycles. The number of rotatable bonds is 6. The van der Waals surface area contributed by atoms with Crippen molar-refractivity contribution in [2.75, 3.05) is 18.5 Å². The number of hydrogen-bond donors (Lipinski definition) is 1. The van der Waals surface area contributed by atoms with Crippen LogP contribution in [0.1, 0.15) is 54.4 Å². The molecule has 6 nitrogen and oxygen atoms in total. The fourth-order valence-electron chi connectivity index (χ4n) is 3.33. The van der Waals surface area contributed by atoms with Crippen molar-refractivity contribution >= 4 is 57.4 Å². The van der Waals surface area contributed by atoms with E-state index in [1.807, 2.05) is 0 Å². The Morgan fingerprint density at radius 1 is 1.29 bits per heavy atom. The van der Waals surface area contributed by atoms with Gasteiger partial charge in [0.25, 0.3) is 5.91 Å². The highest BCUT2D eigenvalue weighted by atomic mass is 35.5. The van der Waals surface area contributed by atoms with Gasteiger partial charge in [-0.3, -0.25) is 9.59 Å². The first kappa shape index (κ1) is 21.4. The zero-order valence-corrected chi connectivity index (χ0v) is 18.4. The van der Waals surface area contributed by atoms with Crippen molar-refractivity contribution in [3.05, 3.63) is 16.0 Å². The van der Waals surface area contributed by atoms with Gasteiger partial charge >= 0.3 is 11.9 Å². The first-order valence-electron chi connectivity index (χ1n) is 9.25. The van der Waals surface area contributed by atoms with Crippen LogP contribution in [0.5, 0.6) is 0 Å². The van der Waals surface area contributed by atoms with Crippen LogP contribution in [0.3, 0.4) is 0 Å². The lowest BCUT2D eigenvalue weighted by Gasteiger charge is -2.18. The van der Waals surface area contributed by atoms with E-state index in [0.29, 0.717) is 16.5 Å². The first-order chi connectivity index (χ1) is 13.1. The summed E-state index contributed by atoms with van der Waals surface area (Å²) in [6.07, 6.45) is 2.91. The van der Waals surface area contributed by atoms with Gasteiger partial charge in [-0.25, -0.2) is 4.79 Å². The third kappa shape index (κ3) is 4.02. The van der Waals surface area contributed by atoms with Crippen molar-refractivity contribution in [2.45, 2.75) is 50.8 Å². The average molecular weight is 448 g/mol. The number of halogens is 2. The van der Waals surface area contributed by atoms with Crippen LogP contribution < -0.4 is 5.32 Å². The highest BCUT2D eigenvalue weighted by molar-refractivity contribution is 7.17. The second kappa shape index (κ2) is 7.84. The van der Waals surface area contributed by atoms with Crippen molar-refractivity contribution in [3.63, 3.8) is 0 Å². The second-order valence-electron chi connectivity index (χ2n) is 7.61. The summed E-state index contributed by atoms with van der Waals surface area (Å²) >= 11 is 13.3. The van der Waals surface area contributed by atoms with E-state index >= 15 is 0 Å². The van der Waals surface area contributed by atoms with E-state index in [1.54, 1.807) is 13.8 Å². The van der Waals surface area contributed by atoms with Crippen LogP contribution in [0.15, 0.2) is 0 Å². The molecule has 0 bridgehead atoms. The maximum absolute atomic E-state index is 12.5. The van der Waals surface area contributed by atoms with Gasteiger partial charge in [0.2, 0.25) is 0 Å². The zero-order valence-electron chi connectivity index (χ0n) is 16.0. The number of esters is 2. The van der Waals surface area contributed by atoms with Crippen LogP contribution in [0.4, 0.5) is 5.00 Å². The van der Waals surface area contributed by atoms with Crippen LogP contribution in [0, 0.1) is 11.3 Å². The number of alkyl halides is 2. The van der Waals surface area contributed by atoms with Gasteiger partial charge in [0, 0.05) is 11.3 Å². The molecule has 1 aromatic heterocycles. The summed E-state index contributed by atoms with van der Waals surface area (Å²) in [5.41, 5.74) is 0.376. The summed E-state index contributed by atoms with van der Waals surface area (Å²) in [6, 6.07) is 0. The molecule has 0 aliphatic heterocycles. The number of hydrogen-bond acceptors (Lipinski definition) is 6. The predicted molar refractivity (Wildman–Crippen MR) is 108 cm³/mol. The van der Waals surface area contributed by atoms with Gasteiger partial charge in [0.05, 0.1) is 12.2 Å². The minimum atomic E-state index is -1.15. The maximum Gasteiger partial charge on any atom is 0.341 e. The van der Waals surface area contributed by atoms with Gasteiger partial charge in [0.15, 0.2) is 6.61 Å². The van der Waals surface area contributed by atoms with Crippen LogP contribution >= 0.6 is 34.5 Å². The molecule has 3 rings (SSSR count). The van der Waals surface area contributed by atoms with E-state index in [-0.39, 0.29) is 13.0 Å². The molecule has 1 amide bonds. The molecule has 1 heterocycles. The molecule has 0 spiro atoms. The van der Waals surface area contributed by atoms with Gasteiger partial charge in [-0.15, -0.1) is 34.5 Å². The molecule has 0 saturated heterocycles. The third-order valence-corrected chi connectivity index (χ3v) is 7.56. The number of thiophene rings is 1. The number of carbonyl (C=O) groups excluding carboxylic acids is 3. The summed E-state index contributed by atoms with van der Waals surface area (Å²) < 4.78 is 9.10. The van der Waals surface area contributed by atoms with Gasteiger partial charge in [-0.2, -0.15) is 0 Å². The van der Waals surface area contributed by atoms with Gasteiger partial charge in [-0.1, -0.05) is 6.92 Å². The highest BCUT2D eigenvalue weighted by Crippen LogP contribution is 2.64. The Morgan fingerprint density at radius 2 is 1.96 bits per heavy atom. The Morgan fingerprint density at radius 3 is 2.57 bits per heavy atom. The van der Waals surface area contributed by atoms with E-state index in [9.17, 15) is 14.4 Å². The molecule has 2 atom stereocenters. The van der Waals surface area contributed by atoms with Crippen molar-refractivity contribution in [1.29, 1.82) is 0 Å². The van der Waals surface area contributed by atoms with E-state index in [2.05, 4.69) is 12.2 Å².